The number of halogens is 2. The fraction of sp³-hybridized carbons (Fsp3) is 0.222. The lowest BCUT2D eigenvalue weighted by Crippen LogP contribution is -2.00. The van der Waals surface area contributed by atoms with Crippen molar-refractivity contribution in [3.63, 3.8) is 0 Å². The van der Waals surface area contributed by atoms with Gasteiger partial charge in [0, 0.05) is 5.56 Å². The van der Waals surface area contributed by atoms with Crippen molar-refractivity contribution in [3.05, 3.63) is 71.0 Å². The van der Waals surface area contributed by atoms with E-state index >= 15 is 0 Å². The summed E-state index contributed by atoms with van der Waals surface area (Å²) in [5.74, 6) is 1.13. The number of hydrogen-bond donors (Lipinski definition) is 1. The van der Waals surface area contributed by atoms with E-state index in [4.69, 9.17) is 9.57 Å². The van der Waals surface area contributed by atoms with Gasteiger partial charge in [-0.25, -0.2) is 8.78 Å². The van der Waals surface area contributed by atoms with Gasteiger partial charge in [-0.2, -0.15) is 5.21 Å². The number of tetrazole rings is 1. The number of ether oxygens (including phenoxy) is 1. The molecule has 27 heavy (non-hydrogen) atoms. The number of nitrogens with zero attached hydrogens (tertiary/aromatic N) is 4. The van der Waals surface area contributed by atoms with Crippen molar-refractivity contribution in [2.24, 2.45) is 5.16 Å². The highest BCUT2D eigenvalue weighted by Gasteiger charge is 2.06. The van der Waals surface area contributed by atoms with Crippen LogP contribution in [0.1, 0.15) is 35.9 Å². The van der Waals surface area contributed by atoms with E-state index in [1.54, 1.807) is 24.3 Å². The molecule has 3 aromatic rings. The van der Waals surface area contributed by atoms with Gasteiger partial charge in [0.15, 0.2) is 6.61 Å². The minimum absolute atomic E-state index is 0.0138. The third-order valence-electron chi connectivity index (χ3n) is 3.69. The molecule has 0 bridgehead atoms. The van der Waals surface area contributed by atoms with Gasteiger partial charge in [0.1, 0.15) is 12.4 Å². The maximum atomic E-state index is 12.5. The molecule has 1 N–H and O–H groups in total. The highest BCUT2D eigenvalue weighted by Crippen LogP contribution is 2.19. The molecule has 0 aliphatic carbocycles. The van der Waals surface area contributed by atoms with Crippen LogP contribution in [0.15, 0.2) is 53.7 Å². The van der Waals surface area contributed by atoms with Crippen molar-refractivity contribution in [2.75, 3.05) is 0 Å². The fourth-order valence-electron chi connectivity index (χ4n) is 2.20. The zero-order valence-electron chi connectivity index (χ0n) is 14.5. The van der Waals surface area contributed by atoms with Gasteiger partial charge in [0.2, 0.25) is 5.82 Å². The summed E-state index contributed by atoms with van der Waals surface area (Å²) in [7, 11) is 0. The molecule has 140 valence electrons. The predicted octanol–water partition coefficient (Wildman–Crippen LogP) is 3.66. The predicted molar refractivity (Wildman–Crippen MR) is 93.4 cm³/mol. The molecule has 1 aromatic heterocycles. The van der Waals surface area contributed by atoms with Gasteiger partial charge in [0.25, 0.3) is 6.43 Å². The first-order valence-electron chi connectivity index (χ1n) is 8.11. The van der Waals surface area contributed by atoms with Crippen LogP contribution >= 0.6 is 0 Å². The molecule has 0 spiro atoms. The molecule has 0 amide bonds. The molecule has 3 rings (SSSR count). The zero-order chi connectivity index (χ0) is 19.1. The second-order valence-corrected chi connectivity index (χ2v) is 5.63. The first-order chi connectivity index (χ1) is 13.1. The van der Waals surface area contributed by atoms with E-state index in [0.29, 0.717) is 17.3 Å². The Kier molecular flexibility index (Phi) is 6.03. The van der Waals surface area contributed by atoms with Crippen LogP contribution in [-0.2, 0) is 18.1 Å². The molecule has 0 unspecified atom stereocenters. The zero-order valence-corrected chi connectivity index (χ0v) is 14.5. The highest BCUT2D eigenvalue weighted by molar-refractivity contribution is 5.98. The average molecular weight is 373 g/mol. The third kappa shape index (κ3) is 5.30. The Bertz CT molecular complexity index is 866. The summed E-state index contributed by atoms with van der Waals surface area (Å²) in [4.78, 5) is 5.31. The third-order valence-corrected chi connectivity index (χ3v) is 3.69. The Hall–Kier alpha value is -3.36. The van der Waals surface area contributed by atoms with Crippen LogP contribution in [0.25, 0.3) is 0 Å². The van der Waals surface area contributed by atoms with Crippen LogP contribution in [0, 0.1) is 0 Å². The molecule has 9 heteroatoms. The number of hydrogen-bond acceptors (Lipinski definition) is 6. The number of oxime groups is 1. The SMILES string of the molecule is C/C(=N\OCc1ccc(C(F)F)cc1)c1ccc(OCc2nn[nH]n2)cc1. The molecule has 0 aliphatic rings. The first-order valence-corrected chi connectivity index (χ1v) is 8.11. The Morgan fingerprint density at radius 1 is 1.07 bits per heavy atom. The largest absolute Gasteiger partial charge is 0.485 e. The average Bonchev–Trinajstić information content (AvgIpc) is 3.21. The van der Waals surface area contributed by atoms with Gasteiger partial charge in [-0.3, -0.25) is 0 Å². The lowest BCUT2D eigenvalue weighted by Gasteiger charge is -2.06. The van der Waals surface area contributed by atoms with Crippen molar-refractivity contribution >= 4 is 5.71 Å². The number of nitrogens with one attached hydrogen (secondary N) is 1. The Balaban J connectivity index is 1.51. The molecule has 0 atom stereocenters. The molecule has 0 saturated carbocycles. The van der Waals surface area contributed by atoms with Crippen LogP contribution in [0.3, 0.4) is 0 Å². The number of alkyl halides is 2. The molecule has 0 fully saturated rings. The van der Waals surface area contributed by atoms with E-state index in [-0.39, 0.29) is 18.8 Å². The van der Waals surface area contributed by atoms with Crippen LogP contribution in [0.4, 0.5) is 8.78 Å². The van der Waals surface area contributed by atoms with Crippen LogP contribution in [-0.4, -0.2) is 26.3 Å². The maximum absolute atomic E-state index is 12.5. The summed E-state index contributed by atoms with van der Waals surface area (Å²) in [5, 5.41) is 17.5. The fourth-order valence-corrected chi connectivity index (χ4v) is 2.20. The number of benzene rings is 2. The minimum Gasteiger partial charge on any atom is -0.485 e. The van der Waals surface area contributed by atoms with E-state index < -0.39 is 6.43 Å². The second kappa shape index (κ2) is 8.84. The van der Waals surface area contributed by atoms with Crippen molar-refractivity contribution in [2.45, 2.75) is 26.6 Å². The summed E-state index contributed by atoms with van der Waals surface area (Å²) >= 11 is 0. The standard InChI is InChI=1S/C18H17F2N5O2/c1-12(23-27-10-13-2-4-15(5-3-13)18(19)20)14-6-8-16(9-7-14)26-11-17-21-24-25-22-17/h2-9,18H,10-11H2,1H3,(H,21,22,24,25)/b23-12+. The van der Waals surface area contributed by atoms with Gasteiger partial charge >= 0.3 is 0 Å². The first kappa shape index (κ1) is 18.4. The van der Waals surface area contributed by atoms with E-state index in [2.05, 4.69) is 25.8 Å². The van der Waals surface area contributed by atoms with Crippen molar-refractivity contribution < 1.29 is 18.4 Å². The summed E-state index contributed by atoms with van der Waals surface area (Å²) in [5.41, 5.74) is 2.31. The van der Waals surface area contributed by atoms with E-state index in [1.807, 2.05) is 19.1 Å². The van der Waals surface area contributed by atoms with Crippen molar-refractivity contribution in [3.8, 4) is 5.75 Å². The number of aromatic nitrogens is 4. The molecule has 0 aliphatic heterocycles. The molecular formula is C18H17F2N5O2. The summed E-state index contributed by atoms with van der Waals surface area (Å²) in [6.07, 6.45) is -2.47. The van der Waals surface area contributed by atoms with Gasteiger partial charge in [-0.15, -0.1) is 10.2 Å². The number of aromatic amines is 1. The molecule has 7 nitrogen and oxygen atoms in total. The van der Waals surface area contributed by atoms with Crippen molar-refractivity contribution in [1.29, 1.82) is 0 Å². The quantitative estimate of drug-likeness (QED) is 0.481. The number of rotatable bonds is 8. The van der Waals surface area contributed by atoms with E-state index in [0.717, 1.165) is 11.1 Å². The minimum atomic E-state index is -2.47. The summed E-state index contributed by atoms with van der Waals surface area (Å²) in [6.45, 7) is 2.23. The van der Waals surface area contributed by atoms with Gasteiger partial charge < -0.3 is 9.57 Å². The Labute approximate surface area is 154 Å². The summed E-state index contributed by atoms with van der Waals surface area (Å²) < 4.78 is 30.6. The lowest BCUT2D eigenvalue weighted by atomic mass is 10.1. The van der Waals surface area contributed by atoms with Crippen LogP contribution in [0.2, 0.25) is 0 Å². The molecule has 0 saturated heterocycles. The topological polar surface area (TPSA) is 85.3 Å². The smallest absolute Gasteiger partial charge is 0.263 e. The normalized spacial score (nSPS) is 11.6. The van der Waals surface area contributed by atoms with Gasteiger partial charge in [-0.1, -0.05) is 34.6 Å². The van der Waals surface area contributed by atoms with Gasteiger partial charge in [0.05, 0.1) is 5.71 Å². The lowest BCUT2D eigenvalue weighted by molar-refractivity contribution is 0.130. The molecule has 0 radical (unpaired) electrons. The Morgan fingerprint density at radius 3 is 2.44 bits per heavy atom. The summed E-state index contributed by atoms with van der Waals surface area (Å²) in [6, 6.07) is 13.3. The monoisotopic (exact) mass is 373 g/mol. The van der Waals surface area contributed by atoms with E-state index in [9.17, 15) is 8.78 Å². The van der Waals surface area contributed by atoms with Crippen molar-refractivity contribution in [1.82, 2.24) is 20.6 Å². The highest BCUT2D eigenvalue weighted by atomic mass is 19.3. The van der Waals surface area contributed by atoms with Crippen LogP contribution < -0.4 is 4.74 Å². The maximum Gasteiger partial charge on any atom is 0.263 e. The molecule has 1 heterocycles. The van der Waals surface area contributed by atoms with E-state index in [1.165, 1.54) is 12.1 Å². The second-order valence-electron chi connectivity index (χ2n) is 5.63. The van der Waals surface area contributed by atoms with Crippen LogP contribution in [0.5, 0.6) is 5.75 Å². The Morgan fingerprint density at radius 2 is 1.81 bits per heavy atom. The number of H-pyrrole nitrogens is 1. The molecule has 2 aromatic carbocycles. The molecular weight excluding hydrogens is 356 g/mol. The van der Waals surface area contributed by atoms with Gasteiger partial charge in [-0.05, 0) is 42.3 Å².